The highest BCUT2D eigenvalue weighted by molar-refractivity contribution is 9.10. The van der Waals surface area contributed by atoms with Crippen LogP contribution in [-0.2, 0) is 0 Å². The molecule has 1 N–H and O–H groups in total. The first kappa shape index (κ1) is 13.8. The number of anilines is 1. The molecule has 0 fully saturated rings. The number of aryl methyl sites for hydroxylation is 2. The average molecular weight is 344 g/mol. The van der Waals surface area contributed by atoms with Gasteiger partial charge in [0.1, 0.15) is 11.3 Å². The van der Waals surface area contributed by atoms with E-state index in [0.717, 1.165) is 21.4 Å². The molecule has 0 saturated carbocycles. The number of nitrogens with one attached hydrogen (secondary N) is 1. The van der Waals surface area contributed by atoms with Crippen LogP contribution in [0.2, 0.25) is 0 Å². The lowest BCUT2D eigenvalue weighted by Gasteiger charge is -2.07. The van der Waals surface area contributed by atoms with Gasteiger partial charge in [-0.3, -0.25) is 9.20 Å². The SMILES string of the molecule is Cc1ccc2nc(C)c(C(=O)Nc3cccc(Br)c3)n2c1. The van der Waals surface area contributed by atoms with Gasteiger partial charge in [0.25, 0.3) is 5.91 Å². The van der Waals surface area contributed by atoms with Gasteiger partial charge in [-0.05, 0) is 43.7 Å². The highest BCUT2D eigenvalue weighted by Gasteiger charge is 2.16. The first-order chi connectivity index (χ1) is 10.0. The van der Waals surface area contributed by atoms with Gasteiger partial charge in [0.2, 0.25) is 0 Å². The Bertz CT molecular complexity index is 839. The second kappa shape index (κ2) is 5.33. The quantitative estimate of drug-likeness (QED) is 0.765. The van der Waals surface area contributed by atoms with Crippen LogP contribution in [-0.4, -0.2) is 15.3 Å². The molecule has 106 valence electrons. The minimum Gasteiger partial charge on any atom is -0.321 e. The topological polar surface area (TPSA) is 46.4 Å². The van der Waals surface area contributed by atoms with Crippen LogP contribution >= 0.6 is 15.9 Å². The molecule has 21 heavy (non-hydrogen) atoms. The Kier molecular flexibility index (Phi) is 3.51. The third-order valence-electron chi connectivity index (χ3n) is 3.24. The predicted octanol–water partition coefficient (Wildman–Crippen LogP) is 3.97. The van der Waals surface area contributed by atoms with Crippen molar-refractivity contribution in [3.05, 3.63) is 64.0 Å². The summed E-state index contributed by atoms with van der Waals surface area (Å²) in [4.78, 5) is 17.0. The zero-order valence-electron chi connectivity index (χ0n) is 11.7. The number of benzene rings is 1. The number of halogens is 1. The fourth-order valence-corrected chi connectivity index (χ4v) is 2.70. The van der Waals surface area contributed by atoms with Crippen molar-refractivity contribution in [3.63, 3.8) is 0 Å². The van der Waals surface area contributed by atoms with Crippen molar-refractivity contribution in [1.29, 1.82) is 0 Å². The first-order valence-corrected chi connectivity index (χ1v) is 7.36. The third-order valence-corrected chi connectivity index (χ3v) is 3.73. The van der Waals surface area contributed by atoms with E-state index < -0.39 is 0 Å². The molecule has 4 nitrogen and oxygen atoms in total. The van der Waals surface area contributed by atoms with Gasteiger partial charge in [0.15, 0.2) is 0 Å². The number of carbonyl (C=O) groups excluding carboxylic acids is 1. The van der Waals surface area contributed by atoms with Gasteiger partial charge in [-0.2, -0.15) is 0 Å². The molecular formula is C16H14BrN3O. The summed E-state index contributed by atoms with van der Waals surface area (Å²) in [6.07, 6.45) is 1.92. The van der Waals surface area contributed by atoms with E-state index in [2.05, 4.69) is 26.2 Å². The third kappa shape index (κ3) is 2.69. The van der Waals surface area contributed by atoms with Crippen LogP contribution in [0.4, 0.5) is 5.69 Å². The summed E-state index contributed by atoms with van der Waals surface area (Å²) in [5, 5.41) is 2.91. The fraction of sp³-hybridized carbons (Fsp3) is 0.125. The molecule has 0 atom stereocenters. The number of nitrogens with zero attached hydrogens (tertiary/aromatic N) is 2. The average Bonchev–Trinajstić information content (AvgIpc) is 2.74. The van der Waals surface area contributed by atoms with Crippen molar-refractivity contribution < 1.29 is 4.79 Å². The molecule has 3 aromatic rings. The summed E-state index contributed by atoms with van der Waals surface area (Å²) in [5.41, 5.74) is 3.88. The van der Waals surface area contributed by atoms with Crippen molar-refractivity contribution in [2.24, 2.45) is 0 Å². The van der Waals surface area contributed by atoms with Gasteiger partial charge in [-0.25, -0.2) is 4.98 Å². The largest absolute Gasteiger partial charge is 0.321 e. The fourth-order valence-electron chi connectivity index (χ4n) is 2.30. The van der Waals surface area contributed by atoms with E-state index in [1.807, 2.05) is 60.8 Å². The molecule has 0 spiro atoms. The Morgan fingerprint density at radius 1 is 1.24 bits per heavy atom. The van der Waals surface area contributed by atoms with E-state index in [4.69, 9.17) is 0 Å². The number of amides is 1. The normalized spacial score (nSPS) is 10.8. The number of imidazole rings is 1. The summed E-state index contributed by atoms with van der Waals surface area (Å²) in [6, 6.07) is 11.4. The lowest BCUT2D eigenvalue weighted by Crippen LogP contribution is -2.15. The van der Waals surface area contributed by atoms with E-state index in [9.17, 15) is 4.79 Å². The molecule has 5 heteroatoms. The van der Waals surface area contributed by atoms with Crippen molar-refractivity contribution in [3.8, 4) is 0 Å². The number of pyridine rings is 1. The number of fused-ring (bicyclic) bond motifs is 1. The van der Waals surface area contributed by atoms with E-state index in [1.165, 1.54) is 0 Å². The van der Waals surface area contributed by atoms with Crippen molar-refractivity contribution in [2.75, 3.05) is 5.32 Å². The second-order valence-corrected chi connectivity index (χ2v) is 5.86. The van der Waals surface area contributed by atoms with Crippen molar-refractivity contribution in [1.82, 2.24) is 9.38 Å². The number of hydrogen-bond donors (Lipinski definition) is 1. The number of hydrogen-bond acceptors (Lipinski definition) is 2. The van der Waals surface area contributed by atoms with Crippen LogP contribution in [0, 0.1) is 13.8 Å². The summed E-state index contributed by atoms with van der Waals surface area (Å²) in [7, 11) is 0. The molecule has 1 amide bonds. The van der Waals surface area contributed by atoms with Gasteiger partial charge >= 0.3 is 0 Å². The summed E-state index contributed by atoms with van der Waals surface area (Å²) in [5.74, 6) is -0.163. The number of carbonyl (C=O) groups is 1. The van der Waals surface area contributed by atoms with Crippen LogP contribution in [0.3, 0.4) is 0 Å². The Hall–Kier alpha value is -2.14. The Morgan fingerprint density at radius 2 is 2.05 bits per heavy atom. The van der Waals surface area contributed by atoms with Crippen LogP contribution in [0.1, 0.15) is 21.7 Å². The molecular weight excluding hydrogens is 330 g/mol. The zero-order chi connectivity index (χ0) is 15.0. The molecule has 0 unspecified atom stereocenters. The van der Waals surface area contributed by atoms with Gasteiger partial charge in [0, 0.05) is 16.4 Å². The van der Waals surface area contributed by atoms with Crippen molar-refractivity contribution in [2.45, 2.75) is 13.8 Å². The van der Waals surface area contributed by atoms with Crippen molar-refractivity contribution >= 4 is 33.2 Å². The second-order valence-electron chi connectivity index (χ2n) is 4.94. The van der Waals surface area contributed by atoms with Gasteiger partial charge in [-0.15, -0.1) is 0 Å². The maximum atomic E-state index is 12.5. The molecule has 0 aliphatic carbocycles. The molecule has 1 aromatic carbocycles. The van der Waals surface area contributed by atoms with Crippen LogP contribution < -0.4 is 5.32 Å². The van der Waals surface area contributed by atoms with Crippen LogP contribution in [0.15, 0.2) is 47.1 Å². The minimum absolute atomic E-state index is 0.163. The van der Waals surface area contributed by atoms with Gasteiger partial charge in [0.05, 0.1) is 5.69 Å². The Morgan fingerprint density at radius 3 is 2.81 bits per heavy atom. The van der Waals surface area contributed by atoms with E-state index in [-0.39, 0.29) is 5.91 Å². The lowest BCUT2D eigenvalue weighted by atomic mass is 10.2. The lowest BCUT2D eigenvalue weighted by molar-refractivity contribution is 0.102. The van der Waals surface area contributed by atoms with Crippen LogP contribution in [0.25, 0.3) is 5.65 Å². The molecule has 0 aliphatic rings. The molecule has 0 bridgehead atoms. The first-order valence-electron chi connectivity index (χ1n) is 6.57. The molecule has 3 rings (SSSR count). The smallest absolute Gasteiger partial charge is 0.274 e. The van der Waals surface area contributed by atoms with E-state index in [0.29, 0.717) is 11.4 Å². The summed E-state index contributed by atoms with van der Waals surface area (Å²) >= 11 is 3.40. The Balaban J connectivity index is 2.01. The standard InChI is InChI=1S/C16H14BrN3O/c1-10-6-7-14-18-11(2)15(20(14)9-10)16(21)19-13-5-3-4-12(17)8-13/h3-9H,1-2H3,(H,19,21). The minimum atomic E-state index is -0.163. The predicted molar refractivity (Wildman–Crippen MR) is 86.8 cm³/mol. The molecule has 0 radical (unpaired) electrons. The van der Waals surface area contributed by atoms with E-state index in [1.54, 1.807) is 0 Å². The number of rotatable bonds is 2. The number of aromatic nitrogens is 2. The monoisotopic (exact) mass is 343 g/mol. The highest BCUT2D eigenvalue weighted by atomic mass is 79.9. The molecule has 2 heterocycles. The van der Waals surface area contributed by atoms with Gasteiger partial charge < -0.3 is 5.32 Å². The van der Waals surface area contributed by atoms with Gasteiger partial charge in [-0.1, -0.05) is 28.1 Å². The summed E-state index contributed by atoms with van der Waals surface area (Å²) < 4.78 is 2.75. The summed E-state index contributed by atoms with van der Waals surface area (Å²) in [6.45, 7) is 3.84. The molecule has 0 aliphatic heterocycles. The zero-order valence-corrected chi connectivity index (χ0v) is 13.3. The highest BCUT2D eigenvalue weighted by Crippen LogP contribution is 2.18. The maximum absolute atomic E-state index is 12.5. The van der Waals surface area contributed by atoms with Crippen LogP contribution in [0.5, 0.6) is 0 Å². The Labute approximate surface area is 131 Å². The molecule has 0 saturated heterocycles. The van der Waals surface area contributed by atoms with E-state index >= 15 is 0 Å². The maximum Gasteiger partial charge on any atom is 0.274 e. The molecule has 2 aromatic heterocycles.